The van der Waals surface area contributed by atoms with Crippen LogP contribution in [0.5, 0.6) is 0 Å². The van der Waals surface area contributed by atoms with Gasteiger partial charge >= 0.3 is 0 Å². The van der Waals surface area contributed by atoms with Crippen LogP contribution in [0, 0.1) is 11.8 Å². The zero-order valence-corrected chi connectivity index (χ0v) is 21.3. The zero-order chi connectivity index (χ0) is 28.8. The van der Waals surface area contributed by atoms with Gasteiger partial charge in [-0.1, -0.05) is 5.92 Å². The summed E-state index contributed by atoms with van der Waals surface area (Å²) in [6.07, 6.45) is -5.20. The molecule has 4 aromatic heterocycles. The molecule has 0 aliphatic carbocycles. The molecular weight excluding hydrogens is 542 g/mol. The predicted molar refractivity (Wildman–Crippen MR) is 138 cm³/mol. The van der Waals surface area contributed by atoms with E-state index in [1.165, 1.54) is 28.1 Å². The smallest absolute Gasteiger partial charge is 0.190 e. The topological polar surface area (TPSA) is 271 Å². The standard InChI is InChI=1S/C23H27N11O7/c24-18-12-20(29-6-27-18)33(8-31-12)22-16(38)14(36)9(40-22)4-26-3-1-2-11-32-13-19(25)28-7-30-21(13)34(11)23-17(39)15(37)10(5-35)41-23/h6-10,14-17,22-23,26,35-39H,3-5H2,(H2,24,27,29)(H2,25,28,30)/t9-,10-,14-,15-,16-,17-,22-,23-/m1/s1. The molecule has 0 saturated carbocycles. The van der Waals surface area contributed by atoms with Crippen molar-refractivity contribution >= 4 is 34.0 Å². The summed E-state index contributed by atoms with van der Waals surface area (Å²) in [5, 5.41) is 54.6. The molecule has 2 saturated heterocycles. The number of nitrogens with one attached hydrogen (secondary N) is 1. The van der Waals surface area contributed by atoms with Crippen LogP contribution in [0.2, 0.25) is 0 Å². The lowest BCUT2D eigenvalue weighted by molar-refractivity contribution is -0.0514. The Kier molecular flexibility index (Phi) is 7.10. The number of aliphatic hydroxyl groups is 5. The van der Waals surface area contributed by atoms with E-state index in [4.69, 9.17) is 20.9 Å². The van der Waals surface area contributed by atoms with Crippen LogP contribution in [0.25, 0.3) is 22.3 Å². The Balaban J connectivity index is 1.16. The first-order chi connectivity index (χ1) is 19.8. The second-order valence-electron chi connectivity index (χ2n) is 9.53. The number of aromatic nitrogens is 8. The Labute approximate surface area is 230 Å². The lowest BCUT2D eigenvalue weighted by Gasteiger charge is -2.17. The summed E-state index contributed by atoms with van der Waals surface area (Å²) in [5.41, 5.74) is 12.9. The normalized spacial score (nSPS) is 29.8. The highest BCUT2D eigenvalue weighted by Crippen LogP contribution is 2.34. The maximum atomic E-state index is 10.6. The lowest BCUT2D eigenvalue weighted by atomic mass is 10.1. The maximum absolute atomic E-state index is 10.6. The van der Waals surface area contributed by atoms with Gasteiger partial charge in [-0.15, -0.1) is 0 Å². The molecular formula is C23H27N11O7. The van der Waals surface area contributed by atoms with Crippen LogP contribution >= 0.6 is 0 Å². The van der Waals surface area contributed by atoms with Gasteiger partial charge in [0.2, 0.25) is 0 Å². The molecule has 0 amide bonds. The molecule has 18 heteroatoms. The first kappa shape index (κ1) is 27.1. The van der Waals surface area contributed by atoms with E-state index in [9.17, 15) is 25.5 Å². The maximum Gasteiger partial charge on any atom is 0.190 e. The van der Waals surface area contributed by atoms with Gasteiger partial charge < -0.3 is 51.8 Å². The van der Waals surface area contributed by atoms with Gasteiger partial charge in [0, 0.05) is 6.54 Å². The van der Waals surface area contributed by atoms with Gasteiger partial charge in [-0.3, -0.25) is 9.13 Å². The van der Waals surface area contributed by atoms with Crippen molar-refractivity contribution in [2.24, 2.45) is 0 Å². The van der Waals surface area contributed by atoms with Gasteiger partial charge in [0.25, 0.3) is 0 Å². The summed E-state index contributed by atoms with van der Waals surface area (Å²) in [4.78, 5) is 24.7. The first-order valence-corrected chi connectivity index (χ1v) is 12.5. The monoisotopic (exact) mass is 569 g/mol. The number of imidazole rings is 2. The largest absolute Gasteiger partial charge is 0.394 e. The molecule has 0 unspecified atom stereocenters. The molecule has 216 valence electrons. The molecule has 2 aliphatic rings. The van der Waals surface area contributed by atoms with Gasteiger partial charge in [-0.25, -0.2) is 29.9 Å². The molecule has 6 heterocycles. The Morgan fingerprint density at radius 2 is 1.49 bits per heavy atom. The lowest BCUT2D eigenvalue weighted by Crippen LogP contribution is -2.37. The summed E-state index contributed by atoms with van der Waals surface area (Å²) < 4.78 is 14.4. The van der Waals surface area contributed by atoms with Gasteiger partial charge in [-0.05, 0) is 5.92 Å². The van der Waals surface area contributed by atoms with Crippen molar-refractivity contribution in [2.45, 2.75) is 49.1 Å². The van der Waals surface area contributed by atoms with E-state index in [1.807, 2.05) is 0 Å². The summed E-state index contributed by atoms with van der Waals surface area (Å²) in [7, 11) is 0. The van der Waals surface area contributed by atoms with Crippen LogP contribution in [-0.2, 0) is 9.47 Å². The van der Waals surface area contributed by atoms with Gasteiger partial charge in [-0.2, -0.15) is 0 Å². The number of nitrogen functional groups attached to an aromatic ring is 2. The number of rotatable bonds is 6. The highest BCUT2D eigenvalue weighted by atomic mass is 16.6. The molecule has 18 nitrogen and oxygen atoms in total. The number of aliphatic hydroxyl groups excluding tert-OH is 5. The van der Waals surface area contributed by atoms with Crippen molar-refractivity contribution in [2.75, 3.05) is 31.2 Å². The molecule has 6 rings (SSSR count). The minimum Gasteiger partial charge on any atom is -0.394 e. The zero-order valence-electron chi connectivity index (χ0n) is 21.3. The highest BCUT2D eigenvalue weighted by Gasteiger charge is 2.45. The van der Waals surface area contributed by atoms with E-state index in [0.717, 1.165) is 0 Å². The second kappa shape index (κ2) is 10.7. The minimum atomic E-state index is -1.39. The molecule has 4 aromatic rings. The summed E-state index contributed by atoms with van der Waals surface area (Å²) in [6.45, 7) is -0.255. The van der Waals surface area contributed by atoms with E-state index in [1.54, 1.807) is 0 Å². The third-order valence-electron chi connectivity index (χ3n) is 7.03. The molecule has 0 aromatic carbocycles. The Hall–Kier alpha value is -4.06. The Morgan fingerprint density at radius 1 is 0.829 bits per heavy atom. The number of nitrogens with zero attached hydrogens (tertiary/aromatic N) is 8. The van der Waals surface area contributed by atoms with Crippen LogP contribution in [0.15, 0.2) is 19.0 Å². The summed E-state index contributed by atoms with van der Waals surface area (Å²) in [6, 6.07) is 0. The molecule has 41 heavy (non-hydrogen) atoms. The summed E-state index contributed by atoms with van der Waals surface area (Å²) >= 11 is 0. The predicted octanol–water partition coefficient (Wildman–Crippen LogP) is -4.00. The average molecular weight is 570 g/mol. The minimum absolute atomic E-state index is 0.0852. The van der Waals surface area contributed by atoms with E-state index in [0.29, 0.717) is 11.2 Å². The van der Waals surface area contributed by atoms with Crippen LogP contribution in [0.1, 0.15) is 18.3 Å². The fourth-order valence-electron chi connectivity index (χ4n) is 4.93. The Bertz CT molecular complexity index is 1630. The van der Waals surface area contributed by atoms with Gasteiger partial charge in [0.1, 0.15) is 54.8 Å². The summed E-state index contributed by atoms with van der Waals surface area (Å²) in [5.74, 6) is 6.15. The van der Waals surface area contributed by atoms with E-state index in [2.05, 4.69) is 47.1 Å². The molecule has 0 radical (unpaired) electrons. The molecule has 8 atom stereocenters. The van der Waals surface area contributed by atoms with Crippen molar-refractivity contribution in [1.29, 1.82) is 0 Å². The SMILES string of the molecule is Nc1ncnc2c1ncn2[C@@H]1O[C@H](CNCC#Cc2nc3c(N)ncnc3n2[C@@H]2O[C@H](CO)[C@@H](O)[C@H]2O)[C@@H](O)[C@H]1O. The van der Waals surface area contributed by atoms with Crippen molar-refractivity contribution in [1.82, 2.24) is 44.4 Å². The van der Waals surface area contributed by atoms with Gasteiger partial charge in [0.15, 0.2) is 46.7 Å². The molecule has 0 spiro atoms. The van der Waals surface area contributed by atoms with E-state index in [-0.39, 0.29) is 41.7 Å². The number of hydrogen-bond acceptors (Lipinski definition) is 16. The first-order valence-electron chi connectivity index (χ1n) is 12.5. The van der Waals surface area contributed by atoms with Crippen molar-refractivity contribution in [3.63, 3.8) is 0 Å². The fourth-order valence-corrected chi connectivity index (χ4v) is 4.93. The molecule has 10 N–H and O–H groups in total. The van der Waals surface area contributed by atoms with Crippen LogP contribution < -0.4 is 16.8 Å². The van der Waals surface area contributed by atoms with E-state index >= 15 is 0 Å². The van der Waals surface area contributed by atoms with Crippen LogP contribution in [-0.4, -0.2) is 121 Å². The van der Waals surface area contributed by atoms with Crippen molar-refractivity contribution in [3.05, 3.63) is 24.8 Å². The molecule has 2 fully saturated rings. The average Bonchev–Trinajstić information content (AvgIpc) is 3.70. The third-order valence-corrected chi connectivity index (χ3v) is 7.03. The molecule has 0 bridgehead atoms. The van der Waals surface area contributed by atoms with Gasteiger partial charge in [0.05, 0.1) is 19.5 Å². The number of fused-ring (bicyclic) bond motifs is 2. The third kappa shape index (κ3) is 4.59. The number of ether oxygens (including phenoxy) is 2. The van der Waals surface area contributed by atoms with Crippen molar-refractivity contribution < 1.29 is 35.0 Å². The van der Waals surface area contributed by atoms with Crippen LogP contribution in [0.4, 0.5) is 11.6 Å². The highest BCUT2D eigenvalue weighted by molar-refractivity contribution is 5.82. The van der Waals surface area contributed by atoms with Crippen LogP contribution in [0.3, 0.4) is 0 Å². The second-order valence-corrected chi connectivity index (χ2v) is 9.53. The Morgan fingerprint density at radius 3 is 2.22 bits per heavy atom. The van der Waals surface area contributed by atoms with E-state index < -0.39 is 55.7 Å². The molecule has 2 aliphatic heterocycles. The fraction of sp³-hybridized carbons (Fsp3) is 0.478. The number of anilines is 2. The van der Waals surface area contributed by atoms with Crippen molar-refractivity contribution in [3.8, 4) is 11.8 Å². The number of hydrogen-bond donors (Lipinski definition) is 8. The quantitative estimate of drug-likeness (QED) is 0.0811. The number of nitrogens with two attached hydrogens (primary N) is 2.